The highest BCUT2D eigenvalue weighted by molar-refractivity contribution is 5.59. The van der Waals surface area contributed by atoms with E-state index in [1.54, 1.807) is 26.2 Å². The van der Waals surface area contributed by atoms with Crippen LogP contribution in [0.25, 0.3) is 0 Å². The van der Waals surface area contributed by atoms with Crippen molar-refractivity contribution in [2.24, 2.45) is 0 Å². The lowest BCUT2D eigenvalue weighted by molar-refractivity contribution is 0.245. The summed E-state index contributed by atoms with van der Waals surface area (Å²) in [6.07, 6.45) is 0.832. The van der Waals surface area contributed by atoms with Gasteiger partial charge in [-0.25, -0.2) is 4.39 Å². The van der Waals surface area contributed by atoms with Gasteiger partial charge in [0, 0.05) is 50.4 Å². The molecule has 1 aliphatic heterocycles. The number of anilines is 1. The van der Waals surface area contributed by atoms with Crippen LogP contribution in [0, 0.1) is 12.7 Å². The van der Waals surface area contributed by atoms with E-state index in [1.165, 1.54) is 16.7 Å². The number of ether oxygens (including phenoxy) is 1. The minimum Gasteiger partial charge on any atom is -0.495 e. The quantitative estimate of drug-likeness (QED) is 0.826. The normalized spacial score (nSPS) is 15.4. The molecular formula is C19H26FN3O3. The molecule has 0 radical (unpaired) electrons. The zero-order valence-electron chi connectivity index (χ0n) is 15.3. The average molecular weight is 363 g/mol. The van der Waals surface area contributed by atoms with E-state index >= 15 is 0 Å². The summed E-state index contributed by atoms with van der Waals surface area (Å²) in [7, 11) is 1.60. The van der Waals surface area contributed by atoms with Crippen LogP contribution in [0.5, 0.6) is 17.5 Å². The van der Waals surface area contributed by atoms with Crippen molar-refractivity contribution in [1.82, 2.24) is 9.47 Å². The van der Waals surface area contributed by atoms with E-state index in [-0.39, 0.29) is 17.6 Å². The molecule has 0 bridgehead atoms. The number of hydrogen-bond acceptors (Lipinski definition) is 5. The molecule has 2 heterocycles. The van der Waals surface area contributed by atoms with Gasteiger partial charge in [0.2, 0.25) is 0 Å². The van der Waals surface area contributed by atoms with Crippen molar-refractivity contribution < 1.29 is 19.3 Å². The molecule has 0 spiro atoms. The van der Waals surface area contributed by atoms with E-state index in [0.717, 1.165) is 44.8 Å². The van der Waals surface area contributed by atoms with Gasteiger partial charge >= 0.3 is 0 Å². The van der Waals surface area contributed by atoms with Crippen LogP contribution >= 0.6 is 0 Å². The lowest BCUT2D eigenvalue weighted by Gasteiger charge is -2.36. The minimum absolute atomic E-state index is 0.100. The molecule has 3 rings (SSSR count). The highest BCUT2D eigenvalue weighted by atomic mass is 19.1. The van der Waals surface area contributed by atoms with Crippen molar-refractivity contribution in [3.63, 3.8) is 0 Å². The molecule has 6 nitrogen and oxygen atoms in total. The first-order valence-corrected chi connectivity index (χ1v) is 8.88. The van der Waals surface area contributed by atoms with E-state index < -0.39 is 0 Å². The predicted octanol–water partition coefficient (Wildman–Crippen LogP) is 2.57. The van der Waals surface area contributed by atoms with Crippen molar-refractivity contribution in [3.05, 3.63) is 35.6 Å². The van der Waals surface area contributed by atoms with Gasteiger partial charge in [0.05, 0.1) is 12.8 Å². The van der Waals surface area contributed by atoms with Crippen LogP contribution in [0.15, 0.2) is 24.3 Å². The maximum atomic E-state index is 13.6. The van der Waals surface area contributed by atoms with Gasteiger partial charge in [0.15, 0.2) is 11.8 Å². The summed E-state index contributed by atoms with van der Waals surface area (Å²) in [5.74, 6) is 0.659. The molecule has 26 heavy (non-hydrogen) atoms. The largest absolute Gasteiger partial charge is 0.495 e. The van der Waals surface area contributed by atoms with E-state index in [1.807, 2.05) is 0 Å². The summed E-state index contributed by atoms with van der Waals surface area (Å²) in [5.41, 5.74) is 1.48. The van der Waals surface area contributed by atoms with Crippen molar-refractivity contribution >= 4 is 5.69 Å². The molecular weight excluding hydrogens is 337 g/mol. The van der Waals surface area contributed by atoms with Crippen LogP contribution < -0.4 is 9.64 Å². The summed E-state index contributed by atoms with van der Waals surface area (Å²) in [6.45, 7) is 6.59. The Hall–Kier alpha value is -2.41. The SMILES string of the molecule is COc1ccc(F)cc1N1CCN(CCCn2c(O)cc(C)c2O)CC1. The maximum Gasteiger partial charge on any atom is 0.196 e. The number of aromatic hydroxyl groups is 2. The highest BCUT2D eigenvalue weighted by Crippen LogP contribution is 2.30. The molecule has 2 N–H and O–H groups in total. The molecule has 1 aliphatic rings. The Bertz CT molecular complexity index is 755. The molecule has 0 aliphatic carbocycles. The minimum atomic E-state index is -0.259. The average Bonchev–Trinajstić information content (AvgIpc) is 2.88. The number of rotatable bonds is 6. The van der Waals surface area contributed by atoms with E-state index in [4.69, 9.17) is 4.74 Å². The fourth-order valence-electron chi connectivity index (χ4n) is 3.45. The van der Waals surface area contributed by atoms with Crippen molar-refractivity contribution in [1.29, 1.82) is 0 Å². The predicted molar refractivity (Wildman–Crippen MR) is 98.7 cm³/mol. The number of nitrogens with zero attached hydrogens (tertiary/aromatic N) is 3. The van der Waals surface area contributed by atoms with Gasteiger partial charge < -0.3 is 19.8 Å². The Morgan fingerprint density at radius 1 is 1.08 bits per heavy atom. The second-order valence-corrected chi connectivity index (χ2v) is 6.66. The molecule has 142 valence electrons. The number of aryl methyl sites for hydroxylation is 1. The maximum absolute atomic E-state index is 13.6. The number of halogens is 1. The van der Waals surface area contributed by atoms with Crippen LogP contribution in [-0.4, -0.2) is 59.5 Å². The lowest BCUT2D eigenvalue weighted by Crippen LogP contribution is -2.46. The van der Waals surface area contributed by atoms with Crippen molar-refractivity contribution in [2.45, 2.75) is 19.9 Å². The van der Waals surface area contributed by atoms with Crippen LogP contribution in [0.2, 0.25) is 0 Å². The summed E-state index contributed by atoms with van der Waals surface area (Å²) >= 11 is 0. The molecule has 1 saturated heterocycles. The van der Waals surface area contributed by atoms with Gasteiger partial charge in [-0.1, -0.05) is 0 Å². The zero-order valence-corrected chi connectivity index (χ0v) is 15.3. The summed E-state index contributed by atoms with van der Waals surface area (Å²) in [4.78, 5) is 4.48. The molecule has 1 aromatic heterocycles. The fraction of sp³-hybridized carbons (Fsp3) is 0.474. The summed E-state index contributed by atoms with van der Waals surface area (Å²) < 4.78 is 20.5. The molecule has 0 atom stereocenters. The third-order valence-corrected chi connectivity index (χ3v) is 4.94. The third-order valence-electron chi connectivity index (χ3n) is 4.94. The number of hydrogen-bond donors (Lipinski definition) is 2. The fourth-order valence-corrected chi connectivity index (χ4v) is 3.45. The van der Waals surface area contributed by atoms with E-state index in [0.29, 0.717) is 17.9 Å². The Labute approximate surface area is 153 Å². The number of aromatic nitrogens is 1. The smallest absolute Gasteiger partial charge is 0.196 e. The number of benzene rings is 1. The molecule has 0 saturated carbocycles. The van der Waals surface area contributed by atoms with Gasteiger partial charge in [-0.15, -0.1) is 0 Å². The third kappa shape index (κ3) is 3.88. The van der Waals surface area contributed by atoms with Crippen molar-refractivity contribution in [2.75, 3.05) is 44.7 Å². The second-order valence-electron chi connectivity index (χ2n) is 6.66. The molecule has 1 aromatic carbocycles. The first kappa shape index (κ1) is 18.4. The Morgan fingerprint density at radius 3 is 2.42 bits per heavy atom. The summed E-state index contributed by atoms with van der Waals surface area (Å²) in [6, 6.07) is 6.16. The zero-order chi connectivity index (χ0) is 18.7. The molecule has 0 amide bonds. The first-order chi connectivity index (χ1) is 12.5. The van der Waals surface area contributed by atoms with Crippen LogP contribution in [0.1, 0.15) is 12.0 Å². The second kappa shape index (κ2) is 7.86. The Morgan fingerprint density at radius 2 is 1.81 bits per heavy atom. The Kier molecular flexibility index (Phi) is 5.56. The van der Waals surface area contributed by atoms with Crippen LogP contribution in [0.4, 0.5) is 10.1 Å². The molecule has 0 unspecified atom stereocenters. The lowest BCUT2D eigenvalue weighted by atomic mass is 10.2. The van der Waals surface area contributed by atoms with Gasteiger partial charge in [-0.2, -0.15) is 0 Å². The van der Waals surface area contributed by atoms with E-state index in [2.05, 4.69) is 9.80 Å². The van der Waals surface area contributed by atoms with Gasteiger partial charge in [-0.3, -0.25) is 9.47 Å². The van der Waals surface area contributed by atoms with Crippen molar-refractivity contribution in [3.8, 4) is 17.5 Å². The van der Waals surface area contributed by atoms with E-state index in [9.17, 15) is 14.6 Å². The molecule has 1 fully saturated rings. The molecule has 2 aromatic rings. The number of piperazine rings is 1. The van der Waals surface area contributed by atoms with Gasteiger partial charge in [0.1, 0.15) is 11.6 Å². The van der Waals surface area contributed by atoms with Gasteiger partial charge in [-0.05, 0) is 32.0 Å². The summed E-state index contributed by atoms with van der Waals surface area (Å²) in [5, 5.41) is 19.8. The van der Waals surface area contributed by atoms with Gasteiger partial charge in [0.25, 0.3) is 0 Å². The number of methoxy groups -OCH3 is 1. The first-order valence-electron chi connectivity index (χ1n) is 8.88. The van der Waals surface area contributed by atoms with Crippen LogP contribution in [0.3, 0.4) is 0 Å². The van der Waals surface area contributed by atoms with Crippen LogP contribution in [-0.2, 0) is 6.54 Å². The monoisotopic (exact) mass is 363 g/mol. The highest BCUT2D eigenvalue weighted by Gasteiger charge is 2.20. The molecule has 7 heteroatoms. The standard InChI is InChI=1S/C19H26FN3O3/c1-14-12-18(24)23(19(14)25)7-3-6-21-8-10-22(11-9-21)16-13-15(20)4-5-17(16)26-2/h4-5,12-13,24-25H,3,6-11H2,1-2H3. The Balaban J connectivity index is 1.51. The topological polar surface area (TPSA) is 61.1 Å².